The Morgan fingerprint density at radius 2 is 2.00 bits per heavy atom. The smallest absolute Gasteiger partial charge is 0.141 e. The van der Waals surface area contributed by atoms with Gasteiger partial charge < -0.3 is 0 Å². The molecule has 1 unspecified atom stereocenters. The Hall–Kier alpha value is -0.270. The first-order valence-corrected chi connectivity index (χ1v) is 6.30. The lowest BCUT2D eigenvalue weighted by Gasteiger charge is -2.31. The Kier molecular flexibility index (Phi) is 4.63. The summed E-state index contributed by atoms with van der Waals surface area (Å²) in [5.74, 6) is 0.677. The van der Waals surface area contributed by atoms with Crippen LogP contribution < -0.4 is 0 Å². The minimum absolute atomic E-state index is 0.0166. The maximum Gasteiger partial charge on any atom is 0.141 e. The second-order valence-corrected chi connectivity index (χ2v) is 5.54. The van der Waals surface area contributed by atoms with Crippen LogP contribution in [-0.4, -0.2) is 5.88 Å². The summed E-state index contributed by atoms with van der Waals surface area (Å²) in [7, 11) is 0. The van der Waals surface area contributed by atoms with Crippen molar-refractivity contribution >= 4 is 23.2 Å². The van der Waals surface area contributed by atoms with Crippen LogP contribution in [0.2, 0.25) is 5.02 Å². The van der Waals surface area contributed by atoms with E-state index in [1.165, 1.54) is 6.07 Å². The normalized spacial score (nSPS) is 15.2. The average molecular weight is 263 g/mol. The van der Waals surface area contributed by atoms with Crippen molar-refractivity contribution < 1.29 is 4.39 Å². The lowest BCUT2D eigenvalue weighted by atomic mass is 9.76. The Bertz CT molecular complexity index is 363. The van der Waals surface area contributed by atoms with E-state index >= 15 is 0 Å². The second-order valence-electron chi connectivity index (χ2n) is 4.87. The van der Waals surface area contributed by atoms with Crippen LogP contribution in [0, 0.1) is 17.2 Å². The van der Waals surface area contributed by atoms with Crippen LogP contribution in [0.25, 0.3) is 0 Å². The quantitative estimate of drug-likeness (QED) is 0.676. The lowest BCUT2D eigenvalue weighted by Crippen LogP contribution is -2.28. The van der Waals surface area contributed by atoms with Crippen LogP contribution in [-0.2, 0) is 6.42 Å². The highest BCUT2D eigenvalue weighted by molar-refractivity contribution is 6.30. The van der Waals surface area contributed by atoms with Gasteiger partial charge in [-0.15, -0.1) is 11.6 Å². The van der Waals surface area contributed by atoms with Crippen LogP contribution in [0.4, 0.5) is 4.39 Å². The molecule has 1 atom stereocenters. The van der Waals surface area contributed by atoms with Gasteiger partial charge in [0.15, 0.2) is 0 Å². The number of alkyl halides is 1. The highest BCUT2D eigenvalue weighted by atomic mass is 35.5. The highest BCUT2D eigenvalue weighted by Gasteiger charge is 2.27. The molecule has 0 spiro atoms. The van der Waals surface area contributed by atoms with Crippen molar-refractivity contribution in [1.29, 1.82) is 0 Å². The molecule has 0 aliphatic carbocycles. The molecule has 0 heterocycles. The van der Waals surface area contributed by atoms with Crippen LogP contribution >= 0.6 is 23.2 Å². The predicted octanol–water partition coefficient (Wildman–Crippen LogP) is 4.92. The summed E-state index contributed by atoms with van der Waals surface area (Å²) < 4.78 is 13.0. The van der Waals surface area contributed by atoms with Gasteiger partial charge >= 0.3 is 0 Å². The fraction of sp³-hybridized carbons (Fsp3) is 0.538. The zero-order valence-corrected chi connectivity index (χ0v) is 11.4. The molecule has 1 aromatic rings. The molecule has 0 saturated carbocycles. The summed E-state index contributed by atoms with van der Waals surface area (Å²) in [5, 5.41) is 0.179. The van der Waals surface area contributed by atoms with E-state index in [2.05, 4.69) is 20.8 Å². The van der Waals surface area contributed by atoms with Gasteiger partial charge in [0.05, 0.1) is 5.02 Å². The van der Waals surface area contributed by atoms with E-state index in [0.29, 0.717) is 11.8 Å². The number of halogens is 3. The Balaban J connectivity index is 2.90. The molecule has 0 fully saturated rings. The topological polar surface area (TPSA) is 0 Å². The summed E-state index contributed by atoms with van der Waals surface area (Å²) in [4.78, 5) is 0. The van der Waals surface area contributed by atoms with E-state index in [-0.39, 0.29) is 16.3 Å². The van der Waals surface area contributed by atoms with E-state index in [9.17, 15) is 4.39 Å². The summed E-state index contributed by atoms with van der Waals surface area (Å²) >= 11 is 11.8. The standard InChI is InChI=1S/C13H17Cl2F/c1-9(2)13(3,8-14)7-10-4-5-12(16)11(15)6-10/h4-6,9H,7-8H2,1-3H3. The summed E-state index contributed by atoms with van der Waals surface area (Å²) in [6, 6.07) is 4.87. The van der Waals surface area contributed by atoms with Gasteiger partial charge in [-0.1, -0.05) is 38.4 Å². The molecule has 0 N–H and O–H groups in total. The fourth-order valence-electron chi connectivity index (χ4n) is 1.52. The first-order chi connectivity index (χ1) is 7.39. The third-order valence-electron chi connectivity index (χ3n) is 3.29. The van der Waals surface area contributed by atoms with Gasteiger partial charge in [-0.3, -0.25) is 0 Å². The first kappa shape index (κ1) is 13.8. The molecule has 90 valence electrons. The lowest BCUT2D eigenvalue weighted by molar-refractivity contribution is 0.253. The minimum Gasteiger partial charge on any atom is -0.205 e. The third kappa shape index (κ3) is 3.11. The molecule has 16 heavy (non-hydrogen) atoms. The Morgan fingerprint density at radius 3 is 2.44 bits per heavy atom. The first-order valence-electron chi connectivity index (χ1n) is 5.39. The minimum atomic E-state index is -0.373. The van der Waals surface area contributed by atoms with Crippen LogP contribution in [0.15, 0.2) is 18.2 Å². The van der Waals surface area contributed by atoms with Crippen molar-refractivity contribution in [2.24, 2.45) is 11.3 Å². The number of hydrogen-bond donors (Lipinski definition) is 0. The Labute approximate surface area is 107 Å². The van der Waals surface area contributed by atoms with Gasteiger partial charge in [-0.05, 0) is 35.4 Å². The van der Waals surface area contributed by atoms with E-state index in [4.69, 9.17) is 23.2 Å². The van der Waals surface area contributed by atoms with Gasteiger partial charge in [-0.25, -0.2) is 4.39 Å². The van der Waals surface area contributed by atoms with Crippen LogP contribution in [0.1, 0.15) is 26.3 Å². The zero-order chi connectivity index (χ0) is 12.3. The largest absolute Gasteiger partial charge is 0.205 e. The van der Waals surface area contributed by atoms with E-state index < -0.39 is 0 Å². The molecule has 0 nitrogen and oxygen atoms in total. The molecular weight excluding hydrogens is 246 g/mol. The summed E-state index contributed by atoms with van der Waals surface area (Å²) in [6.45, 7) is 6.43. The molecule has 1 aromatic carbocycles. The Morgan fingerprint density at radius 1 is 1.38 bits per heavy atom. The van der Waals surface area contributed by atoms with Gasteiger partial charge in [0, 0.05) is 5.88 Å². The monoisotopic (exact) mass is 262 g/mol. The van der Waals surface area contributed by atoms with Gasteiger partial charge in [0.25, 0.3) is 0 Å². The van der Waals surface area contributed by atoms with Crippen molar-refractivity contribution in [2.45, 2.75) is 27.2 Å². The second kappa shape index (κ2) is 5.37. The molecule has 0 bridgehead atoms. The molecule has 3 heteroatoms. The van der Waals surface area contributed by atoms with Crippen molar-refractivity contribution in [3.63, 3.8) is 0 Å². The van der Waals surface area contributed by atoms with E-state index in [1.807, 2.05) is 0 Å². The van der Waals surface area contributed by atoms with Crippen LogP contribution in [0.3, 0.4) is 0 Å². The summed E-state index contributed by atoms with van der Waals surface area (Å²) in [6.07, 6.45) is 0.814. The zero-order valence-electron chi connectivity index (χ0n) is 9.86. The van der Waals surface area contributed by atoms with Crippen molar-refractivity contribution in [3.8, 4) is 0 Å². The molecule has 0 amide bonds. The molecule has 0 aromatic heterocycles. The molecule has 1 rings (SSSR count). The van der Waals surface area contributed by atoms with E-state index in [1.54, 1.807) is 12.1 Å². The molecular formula is C13H17Cl2F. The molecule has 0 radical (unpaired) electrons. The van der Waals surface area contributed by atoms with Crippen molar-refractivity contribution in [1.82, 2.24) is 0 Å². The van der Waals surface area contributed by atoms with Crippen molar-refractivity contribution in [3.05, 3.63) is 34.6 Å². The number of rotatable bonds is 4. The predicted molar refractivity (Wildman–Crippen MR) is 68.8 cm³/mol. The summed E-state index contributed by atoms with van der Waals surface area (Å²) in [5.41, 5.74) is 1.05. The third-order valence-corrected chi connectivity index (χ3v) is 4.19. The fourth-order valence-corrected chi connectivity index (χ4v) is 2.13. The van der Waals surface area contributed by atoms with Crippen LogP contribution in [0.5, 0.6) is 0 Å². The van der Waals surface area contributed by atoms with Gasteiger partial charge in [0.1, 0.15) is 5.82 Å². The highest BCUT2D eigenvalue weighted by Crippen LogP contribution is 2.33. The number of benzene rings is 1. The average Bonchev–Trinajstić information content (AvgIpc) is 2.23. The SMILES string of the molecule is CC(C)C(C)(CCl)Cc1ccc(F)c(Cl)c1. The maximum absolute atomic E-state index is 13.0. The number of hydrogen-bond acceptors (Lipinski definition) is 0. The van der Waals surface area contributed by atoms with E-state index in [0.717, 1.165) is 12.0 Å². The van der Waals surface area contributed by atoms with Gasteiger partial charge in [-0.2, -0.15) is 0 Å². The maximum atomic E-state index is 13.0. The van der Waals surface area contributed by atoms with Gasteiger partial charge in [0.2, 0.25) is 0 Å². The van der Waals surface area contributed by atoms with Crippen molar-refractivity contribution in [2.75, 3.05) is 5.88 Å². The molecule has 0 saturated heterocycles. The molecule has 0 aliphatic heterocycles. The molecule has 0 aliphatic rings.